The molecule has 0 bridgehead atoms. The Morgan fingerprint density at radius 3 is 2.55 bits per heavy atom. The fraction of sp³-hybridized carbons (Fsp3) is 0.318. The lowest BCUT2D eigenvalue weighted by molar-refractivity contribution is 0.216. The zero-order valence-corrected chi connectivity index (χ0v) is 16.8. The molecule has 0 unspecified atom stereocenters. The smallest absolute Gasteiger partial charge is 0.287 e. The van der Waals surface area contributed by atoms with Crippen LogP contribution in [0.5, 0.6) is 5.88 Å². The molecule has 1 fully saturated rings. The Balaban J connectivity index is 1.37. The molecule has 1 aromatic carbocycles. The number of anilines is 1. The molecule has 150 valence electrons. The van der Waals surface area contributed by atoms with Crippen molar-refractivity contribution >= 4 is 17.3 Å². The van der Waals surface area contributed by atoms with Crippen LogP contribution in [-0.4, -0.2) is 34.5 Å². The van der Waals surface area contributed by atoms with E-state index in [4.69, 9.17) is 16.3 Å². The number of pyridine rings is 1. The van der Waals surface area contributed by atoms with Gasteiger partial charge in [-0.05, 0) is 30.4 Å². The van der Waals surface area contributed by atoms with Crippen molar-refractivity contribution in [2.45, 2.75) is 19.4 Å². The number of nitrogens with zero attached hydrogens (tertiary/aromatic N) is 4. The first-order valence-corrected chi connectivity index (χ1v) is 10.2. The second kappa shape index (κ2) is 9.09. The lowest BCUT2D eigenvalue weighted by Crippen LogP contribution is -2.37. The lowest BCUT2D eigenvalue weighted by atomic mass is 9.97. The summed E-state index contributed by atoms with van der Waals surface area (Å²) >= 11 is 6.43. The first-order chi connectivity index (χ1) is 14.2. The highest BCUT2D eigenvalue weighted by Gasteiger charge is 2.23. The molecule has 0 saturated carbocycles. The molecule has 6 nitrogen and oxygen atoms in total. The predicted molar refractivity (Wildman–Crippen MR) is 114 cm³/mol. The molecule has 29 heavy (non-hydrogen) atoms. The Bertz CT molecular complexity index is 987. The maximum Gasteiger partial charge on any atom is 0.287 e. The predicted octanol–water partition coefficient (Wildman–Crippen LogP) is 3.64. The van der Waals surface area contributed by atoms with Crippen molar-refractivity contribution in [1.29, 1.82) is 0 Å². The van der Waals surface area contributed by atoms with Gasteiger partial charge < -0.3 is 9.64 Å². The maximum atomic E-state index is 12.7. The van der Waals surface area contributed by atoms with Crippen molar-refractivity contribution in [3.8, 4) is 5.88 Å². The van der Waals surface area contributed by atoms with E-state index in [9.17, 15) is 4.79 Å². The highest BCUT2D eigenvalue weighted by atomic mass is 35.5. The zero-order valence-electron chi connectivity index (χ0n) is 16.1. The van der Waals surface area contributed by atoms with Crippen LogP contribution in [0.15, 0.2) is 65.7 Å². The fourth-order valence-corrected chi connectivity index (χ4v) is 3.79. The maximum absolute atomic E-state index is 12.7. The van der Waals surface area contributed by atoms with Gasteiger partial charge >= 0.3 is 0 Å². The lowest BCUT2D eigenvalue weighted by Gasteiger charge is -2.33. The number of benzene rings is 1. The standard InChI is InChI=1S/C22H23ClN4O2/c23-21-19(14-25-27(22(21)28)15-17-6-2-1-3-7-17)26-12-9-18(10-13-26)16-29-20-8-4-5-11-24-20/h1-8,11,14,18H,9-10,12-13,15-16H2. The minimum Gasteiger partial charge on any atom is -0.477 e. The van der Waals surface area contributed by atoms with E-state index < -0.39 is 0 Å². The highest BCUT2D eigenvalue weighted by Crippen LogP contribution is 2.27. The van der Waals surface area contributed by atoms with Crippen LogP contribution in [-0.2, 0) is 6.54 Å². The third-order valence-corrected chi connectivity index (χ3v) is 5.56. The van der Waals surface area contributed by atoms with Crippen LogP contribution in [0.2, 0.25) is 5.02 Å². The van der Waals surface area contributed by atoms with E-state index in [-0.39, 0.29) is 10.6 Å². The summed E-state index contributed by atoms with van der Waals surface area (Å²) in [5.74, 6) is 1.11. The summed E-state index contributed by atoms with van der Waals surface area (Å²) in [6.07, 6.45) is 5.37. The molecule has 3 aromatic rings. The Labute approximate surface area is 174 Å². The van der Waals surface area contributed by atoms with Crippen LogP contribution in [0.25, 0.3) is 0 Å². The van der Waals surface area contributed by atoms with Gasteiger partial charge in [0, 0.05) is 25.4 Å². The number of hydrogen-bond donors (Lipinski definition) is 0. The van der Waals surface area contributed by atoms with Crippen molar-refractivity contribution in [1.82, 2.24) is 14.8 Å². The van der Waals surface area contributed by atoms with Crippen molar-refractivity contribution < 1.29 is 4.74 Å². The van der Waals surface area contributed by atoms with Crippen molar-refractivity contribution in [3.63, 3.8) is 0 Å². The van der Waals surface area contributed by atoms with Gasteiger partial charge in [-0.15, -0.1) is 0 Å². The topological polar surface area (TPSA) is 60.3 Å². The van der Waals surface area contributed by atoms with Crippen molar-refractivity contribution in [2.24, 2.45) is 5.92 Å². The van der Waals surface area contributed by atoms with Gasteiger partial charge in [-0.1, -0.05) is 48.0 Å². The summed E-state index contributed by atoms with van der Waals surface area (Å²) in [6, 6.07) is 15.4. The van der Waals surface area contributed by atoms with E-state index in [1.165, 1.54) is 4.68 Å². The molecule has 1 aliphatic rings. The largest absolute Gasteiger partial charge is 0.477 e. The molecule has 3 heterocycles. The van der Waals surface area contributed by atoms with Gasteiger partial charge in [-0.25, -0.2) is 9.67 Å². The second-order valence-electron chi connectivity index (χ2n) is 7.20. The fourth-order valence-electron chi connectivity index (χ4n) is 3.52. The molecule has 1 aliphatic heterocycles. The Morgan fingerprint density at radius 2 is 1.83 bits per heavy atom. The van der Waals surface area contributed by atoms with Crippen LogP contribution in [0.1, 0.15) is 18.4 Å². The SMILES string of the molecule is O=c1c(Cl)c(N2CCC(COc3ccccn3)CC2)cnn1Cc1ccccc1. The van der Waals surface area contributed by atoms with Crippen molar-refractivity contribution in [3.05, 3.63) is 81.9 Å². The highest BCUT2D eigenvalue weighted by molar-refractivity contribution is 6.33. The number of rotatable bonds is 6. The Kier molecular flexibility index (Phi) is 6.10. The van der Waals surface area contributed by atoms with Gasteiger partial charge in [0.15, 0.2) is 0 Å². The summed E-state index contributed by atoms with van der Waals surface area (Å²) in [4.78, 5) is 19.0. The van der Waals surface area contributed by atoms with Crippen LogP contribution < -0.4 is 15.2 Å². The van der Waals surface area contributed by atoms with Crippen LogP contribution >= 0.6 is 11.6 Å². The molecular formula is C22H23ClN4O2. The summed E-state index contributed by atoms with van der Waals surface area (Å²) in [5.41, 5.74) is 1.47. The molecule has 0 radical (unpaired) electrons. The summed E-state index contributed by atoms with van der Waals surface area (Å²) in [7, 11) is 0. The Hall–Kier alpha value is -2.86. The van der Waals surface area contributed by atoms with Crippen LogP contribution in [0, 0.1) is 5.92 Å². The summed E-state index contributed by atoms with van der Waals surface area (Å²) in [5, 5.41) is 4.58. The van der Waals surface area contributed by atoms with E-state index in [1.54, 1.807) is 12.4 Å². The van der Waals surface area contributed by atoms with Crippen LogP contribution in [0.4, 0.5) is 5.69 Å². The van der Waals surface area contributed by atoms with E-state index >= 15 is 0 Å². The summed E-state index contributed by atoms with van der Waals surface area (Å²) < 4.78 is 7.19. The quantitative estimate of drug-likeness (QED) is 0.621. The average molecular weight is 411 g/mol. The van der Waals surface area contributed by atoms with Gasteiger partial charge in [0.1, 0.15) is 5.02 Å². The van der Waals surface area contributed by atoms with E-state index in [1.807, 2.05) is 48.5 Å². The van der Waals surface area contributed by atoms with Gasteiger partial charge in [0.05, 0.1) is 25.0 Å². The third-order valence-electron chi connectivity index (χ3n) is 5.20. The molecular weight excluding hydrogens is 388 g/mol. The zero-order chi connectivity index (χ0) is 20.1. The van der Waals surface area contributed by atoms with Gasteiger partial charge in [0.25, 0.3) is 5.56 Å². The minimum absolute atomic E-state index is 0.235. The molecule has 2 aromatic heterocycles. The molecule has 0 N–H and O–H groups in total. The molecule has 0 amide bonds. The number of halogens is 1. The number of ether oxygens (including phenoxy) is 1. The molecule has 0 aliphatic carbocycles. The molecule has 7 heteroatoms. The molecule has 4 rings (SSSR count). The molecule has 1 saturated heterocycles. The van der Waals surface area contributed by atoms with Crippen LogP contribution in [0.3, 0.4) is 0 Å². The Morgan fingerprint density at radius 1 is 1.07 bits per heavy atom. The monoisotopic (exact) mass is 410 g/mol. The third kappa shape index (κ3) is 4.77. The summed E-state index contributed by atoms with van der Waals surface area (Å²) in [6.45, 7) is 2.70. The van der Waals surface area contributed by atoms with Crippen molar-refractivity contribution in [2.75, 3.05) is 24.6 Å². The van der Waals surface area contributed by atoms with Gasteiger partial charge in [-0.2, -0.15) is 5.10 Å². The second-order valence-corrected chi connectivity index (χ2v) is 7.58. The molecule has 0 atom stereocenters. The van der Waals surface area contributed by atoms with E-state index in [2.05, 4.69) is 15.0 Å². The first-order valence-electron chi connectivity index (χ1n) is 9.79. The first kappa shape index (κ1) is 19.5. The minimum atomic E-state index is -0.256. The van der Waals surface area contributed by atoms with E-state index in [0.29, 0.717) is 30.6 Å². The van der Waals surface area contributed by atoms with E-state index in [0.717, 1.165) is 31.5 Å². The normalized spacial score (nSPS) is 14.7. The number of hydrogen-bond acceptors (Lipinski definition) is 5. The number of piperidine rings is 1. The number of aromatic nitrogens is 3. The van der Waals surface area contributed by atoms with Gasteiger partial charge in [-0.3, -0.25) is 4.79 Å². The average Bonchev–Trinajstić information content (AvgIpc) is 2.78. The molecule has 0 spiro atoms. The van der Waals surface area contributed by atoms with Gasteiger partial charge in [0.2, 0.25) is 5.88 Å².